The molecule has 1 atom stereocenters. The lowest BCUT2D eigenvalue weighted by Gasteiger charge is -2.15. The number of hydrazine groups is 1. The lowest BCUT2D eigenvalue weighted by molar-refractivity contribution is 0.413. The van der Waals surface area contributed by atoms with Crippen LogP contribution < -0.4 is 16.0 Å². The highest BCUT2D eigenvalue weighted by atomic mass is 16.5. The van der Waals surface area contributed by atoms with Crippen molar-refractivity contribution in [2.75, 3.05) is 7.11 Å². The van der Waals surface area contributed by atoms with E-state index in [9.17, 15) is 0 Å². The highest BCUT2D eigenvalue weighted by Crippen LogP contribution is 2.21. The number of aryl methyl sites for hydroxylation is 1. The van der Waals surface area contributed by atoms with Gasteiger partial charge < -0.3 is 4.74 Å². The summed E-state index contributed by atoms with van der Waals surface area (Å²) in [6.07, 6.45) is 2.67. The van der Waals surface area contributed by atoms with Gasteiger partial charge in [0.05, 0.1) is 18.8 Å². The average molecular weight is 246 g/mol. The number of rotatable bonds is 5. The first-order chi connectivity index (χ1) is 8.72. The smallest absolute Gasteiger partial charge is 0.119 e. The zero-order chi connectivity index (χ0) is 13.0. The van der Waals surface area contributed by atoms with Crippen LogP contribution in [0.3, 0.4) is 0 Å². The number of nitrogens with zero attached hydrogens (tertiary/aromatic N) is 2. The lowest BCUT2D eigenvalue weighted by Crippen LogP contribution is -2.29. The van der Waals surface area contributed by atoms with Gasteiger partial charge in [-0.2, -0.15) is 5.10 Å². The first-order valence-corrected chi connectivity index (χ1v) is 5.81. The Morgan fingerprint density at radius 1 is 1.44 bits per heavy atom. The van der Waals surface area contributed by atoms with Gasteiger partial charge in [-0.05, 0) is 23.8 Å². The molecule has 0 spiro atoms. The van der Waals surface area contributed by atoms with Crippen molar-refractivity contribution < 1.29 is 4.74 Å². The quantitative estimate of drug-likeness (QED) is 0.614. The van der Waals surface area contributed by atoms with E-state index >= 15 is 0 Å². The minimum absolute atomic E-state index is 0.0231. The van der Waals surface area contributed by atoms with Gasteiger partial charge in [0, 0.05) is 19.7 Å². The molecule has 1 aromatic heterocycles. The van der Waals surface area contributed by atoms with Gasteiger partial charge in [-0.1, -0.05) is 12.1 Å². The van der Waals surface area contributed by atoms with E-state index in [-0.39, 0.29) is 6.04 Å². The second-order valence-corrected chi connectivity index (χ2v) is 4.18. The minimum Gasteiger partial charge on any atom is -0.497 e. The fraction of sp³-hybridized carbons (Fsp3) is 0.308. The van der Waals surface area contributed by atoms with Crippen molar-refractivity contribution in [1.82, 2.24) is 15.2 Å². The number of methoxy groups -OCH3 is 1. The van der Waals surface area contributed by atoms with Crippen LogP contribution in [0.25, 0.3) is 0 Å². The van der Waals surface area contributed by atoms with E-state index in [4.69, 9.17) is 10.6 Å². The Kier molecular flexibility index (Phi) is 3.96. The fourth-order valence-corrected chi connectivity index (χ4v) is 1.91. The third kappa shape index (κ3) is 2.88. The van der Waals surface area contributed by atoms with Gasteiger partial charge >= 0.3 is 0 Å². The van der Waals surface area contributed by atoms with Crippen LogP contribution in [0.1, 0.15) is 17.3 Å². The van der Waals surface area contributed by atoms with Gasteiger partial charge in [0.2, 0.25) is 0 Å². The summed E-state index contributed by atoms with van der Waals surface area (Å²) in [6, 6.07) is 9.89. The van der Waals surface area contributed by atoms with E-state index in [1.165, 1.54) is 0 Å². The molecule has 96 valence electrons. The van der Waals surface area contributed by atoms with E-state index in [2.05, 4.69) is 10.5 Å². The number of hydrogen-bond acceptors (Lipinski definition) is 4. The molecule has 1 aromatic carbocycles. The molecule has 2 rings (SSSR count). The zero-order valence-corrected chi connectivity index (χ0v) is 10.6. The third-order valence-electron chi connectivity index (χ3n) is 2.88. The topological polar surface area (TPSA) is 65.1 Å². The predicted octanol–water partition coefficient (Wildman–Crippen LogP) is 1.18. The van der Waals surface area contributed by atoms with Crippen LogP contribution in [0.15, 0.2) is 36.5 Å². The molecular formula is C13H18N4O. The average Bonchev–Trinajstić information content (AvgIpc) is 2.81. The Bertz CT molecular complexity index is 509. The van der Waals surface area contributed by atoms with E-state index in [0.717, 1.165) is 23.4 Å². The number of nitrogens with two attached hydrogens (primary N) is 1. The monoisotopic (exact) mass is 246 g/mol. The van der Waals surface area contributed by atoms with Crippen molar-refractivity contribution in [3.8, 4) is 5.75 Å². The SMILES string of the molecule is COc1cccc(C(Cc2ccn(C)n2)NN)c1. The minimum atomic E-state index is 0.0231. The number of nitrogens with one attached hydrogen (secondary N) is 1. The van der Waals surface area contributed by atoms with Crippen LogP contribution in [0.2, 0.25) is 0 Å². The van der Waals surface area contributed by atoms with Crippen molar-refractivity contribution in [1.29, 1.82) is 0 Å². The maximum atomic E-state index is 5.63. The molecule has 18 heavy (non-hydrogen) atoms. The van der Waals surface area contributed by atoms with Crippen LogP contribution in [0.5, 0.6) is 5.75 Å². The van der Waals surface area contributed by atoms with E-state index in [1.807, 2.05) is 43.6 Å². The molecule has 5 heteroatoms. The molecule has 1 unspecified atom stereocenters. The number of ether oxygens (including phenoxy) is 1. The largest absolute Gasteiger partial charge is 0.497 e. The molecule has 2 aromatic rings. The highest BCUT2D eigenvalue weighted by molar-refractivity contribution is 5.31. The van der Waals surface area contributed by atoms with Crippen LogP contribution in [-0.4, -0.2) is 16.9 Å². The summed E-state index contributed by atoms with van der Waals surface area (Å²) < 4.78 is 7.00. The molecule has 0 bridgehead atoms. The first-order valence-electron chi connectivity index (χ1n) is 5.81. The van der Waals surface area contributed by atoms with E-state index in [1.54, 1.807) is 11.8 Å². The Morgan fingerprint density at radius 2 is 2.28 bits per heavy atom. The van der Waals surface area contributed by atoms with E-state index in [0.29, 0.717) is 0 Å². The van der Waals surface area contributed by atoms with Crippen LogP contribution >= 0.6 is 0 Å². The highest BCUT2D eigenvalue weighted by Gasteiger charge is 2.12. The molecule has 0 fully saturated rings. The Morgan fingerprint density at radius 3 is 2.89 bits per heavy atom. The van der Waals surface area contributed by atoms with Gasteiger partial charge in [0.25, 0.3) is 0 Å². The standard InChI is InChI=1S/C13H18N4O/c1-17-7-6-11(16-17)9-13(15-14)10-4-3-5-12(8-10)18-2/h3-8,13,15H,9,14H2,1-2H3. The van der Waals surface area contributed by atoms with Crippen molar-refractivity contribution in [3.63, 3.8) is 0 Å². The second-order valence-electron chi connectivity index (χ2n) is 4.18. The number of hydrogen-bond donors (Lipinski definition) is 2. The van der Waals surface area contributed by atoms with Gasteiger partial charge in [-0.3, -0.25) is 16.0 Å². The summed E-state index contributed by atoms with van der Waals surface area (Å²) in [5, 5.41) is 4.36. The Labute approximate surface area is 107 Å². The number of benzene rings is 1. The molecule has 0 saturated carbocycles. The van der Waals surface area contributed by atoms with Gasteiger partial charge in [-0.15, -0.1) is 0 Å². The summed E-state index contributed by atoms with van der Waals surface area (Å²) in [5.41, 5.74) is 4.91. The summed E-state index contributed by atoms with van der Waals surface area (Å²) in [7, 11) is 3.56. The van der Waals surface area contributed by atoms with Gasteiger partial charge in [-0.25, -0.2) is 0 Å². The molecule has 0 saturated heterocycles. The summed E-state index contributed by atoms with van der Waals surface area (Å²) >= 11 is 0. The predicted molar refractivity (Wildman–Crippen MR) is 70.0 cm³/mol. The summed E-state index contributed by atoms with van der Waals surface area (Å²) in [6.45, 7) is 0. The first kappa shape index (κ1) is 12.6. The summed E-state index contributed by atoms with van der Waals surface area (Å²) in [4.78, 5) is 0. The molecule has 1 heterocycles. The summed E-state index contributed by atoms with van der Waals surface area (Å²) in [5.74, 6) is 6.45. The van der Waals surface area contributed by atoms with Crippen LogP contribution in [0, 0.1) is 0 Å². The maximum Gasteiger partial charge on any atom is 0.119 e. The molecule has 5 nitrogen and oxygen atoms in total. The fourth-order valence-electron chi connectivity index (χ4n) is 1.91. The van der Waals surface area contributed by atoms with Crippen LogP contribution in [-0.2, 0) is 13.5 Å². The molecule has 0 aliphatic heterocycles. The molecule has 0 aliphatic carbocycles. The molecular weight excluding hydrogens is 228 g/mol. The normalized spacial score (nSPS) is 12.4. The van der Waals surface area contributed by atoms with Crippen molar-refractivity contribution >= 4 is 0 Å². The Hall–Kier alpha value is -1.85. The zero-order valence-electron chi connectivity index (χ0n) is 10.6. The molecule has 0 aliphatic rings. The number of aromatic nitrogens is 2. The second kappa shape index (κ2) is 5.66. The molecule has 0 radical (unpaired) electrons. The molecule has 0 amide bonds. The van der Waals surface area contributed by atoms with Crippen molar-refractivity contribution in [2.24, 2.45) is 12.9 Å². The van der Waals surface area contributed by atoms with Crippen molar-refractivity contribution in [3.05, 3.63) is 47.8 Å². The maximum absolute atomic E-state index is 5.63. The van der Waals surface area contributed by atoms with Crippen molar-refractivity contribution in [2.45, 2.75) is 12.5 Å². The third-order valence-corrected chi connectivity index (χ3v) is 2.88. The molecule has 3 N–H and O–H groups in total. The lowest BCUT2D eigenvalue weighted by atomic mass is 10.0. The van der Waals surface area contributed by atoms with Gasteiger partial charge in [0.1, 0.15) is 5.75 Å². The van der Waals surface area contributed by atoms with Crippen LogP contribution in [0.4, 0.5) is 0 Å². The Balaban J connectivity index is 2.17. The van der Waals surface area contributed by atoms with Gasteiger partial charge in [0.15, 0.2) is 0 Å². The van der Waals surface area contributed by atoms with E-state index < -0.39 is 0 Å².